The third-order valence-electron chi connectivity index (χ3n) is 4.57. The summed E-state index contributed by atoms with van der Waals surface area (Å²) in [4.78, 5) is 5.09. The van der Waals surface area contributed by atoms with Crippen LogP contribution in [0.25, 0.3) is 0 Å². The Morgan fingerprint density at radius 3 is 2.74 bits per heavy atom. The van der Waals surface area contributed by atoms with Crippen molar-refractivity contribution in [3.8, 4) is 0 Å². The summed E-state index contributed by atoms with van der Waals surface area (Å²) in [6.07, 6.45) is 7.25. The molecule has 4 heteroatoms. The van der Waals surface area contributed by atoms with E-state index in [4.69, 9.17) is 16.3 Å². The van der Waals surface area contributed by atoms with Crippen molar-refractivity contribution >= 4 is 11.6 Å². The molecule has 0 spiro atoms. The van der Waals surface area contributed by atoms with E-state index < -0.39 is 0 Å². The van der Waals surface area contributed by atoms with Crippen LogP contribution < -0.4 is 0 Å². The van der Waals surface area contributed by atoms with E-state index in [1.54, 1.807) is 0 Å². The average molecular weight is 289 g/mol. The summed E-state index contributed by atoms with van der Waals surface area (Å²) in [6, 6.07) is 0.744. The number of hydrogen-bond acceptors (Lipinski definition) is 3. The Bertz CT molecular complexity index is 246. The Labute approximate surface area is 123 Å². The molecule has 0 amide bonds. The van der Waals surface area contributed by atoms with Gasteiger partial charge in [-0.3, -0.25) is 9.80 Å². The van der Waals surface area contributed by atoms with Crippen LogP contribution in [0.5, 0.6) is 0 Å². The first kappa shape index (κ1) is 15.6. The molecular formula is C15H29ClN2O. The Morgan fingerprint density at radius 1 is 1.26 bits per heavy atom. The second-order valence-corrected chi connectivity index (χ2v) is 6.24. The molecular weight excluding hydrogens is 260 g/mol. The lowest BCUT2D eigenvalue weighted by Gasteiger charge is -2.39. The van der Waals surface area contributed by atoms with Gasteiger partial charge >= 0.3 is 0 Å². The largest absolute Gasteiger partial charge is 0.374 e. The number of rotatable bonds is 6. The van der Waals surface area contributed by atoms with E-state index in [9.17, 15) is 0 Å². The van der Waals surface area contributed by atoms with Crippen molar-refractivity contribution in [2.45, 2.75) is 51.2 Å². The van der Waals surface area contributed by atoms with Crippen LogP contribution in [0.15, 0.2) is 0 Å². The van der Waals surface area contributed by atoms with Crippen LogP contribution in [0.1, 0.15) is 39.0 Å². The van der Waals surface area contributed by atoms with Crippen LogP contribution in [0.2, 0.25) is 0 Å². The maximum absolute atomic E-state index is 6.00. The maximum Gasteiger partial charge on any atom is 0.0829 e. The fourth-order valence-electron chi connectivity index (χ4n) is 3.42. The molecule has 0 aromatic heterocycles. The summed E-state index contributed by atoms with van der Waals surface area (Å²) in [5.74, 6) is 0.737. The number of hydrogen-bond donors (Lipinski definition) is 0. The fourth-order valence-corrected chi connectivity index (χ4v) is 3.63. The molecule has 1 unspecified atom stereocenters. The Morgan fingerprint density at radius 2 is 2.05 bits per heavy atom. The first-order valence-electron chi connectivity index (χ1n) is 7.97. The maximum atomic E-state index is 6.00. The summed E-state index contributed by atoms with van der Waals surface area (Å²) in [5.41, 5.74) is 0. The molecule has 0 aromatic carbocycles. The van der Waals surface area contributed by atoms with Gasteiger partial charge in [-0.15, -0.1) is 11.6 Å². The van der Waals surface area contributed by atoms with Gasteiger partial charge in [-0.25, -0.2) is 0 Å². The Kier molecular flexibility index (Phi) is 6.92. The monoisotopic (exact) mass is 288 g/mol. The minimum Gasteiger partial charge on any atom is -0.374 e. The summed E-state index contributed by atoms with van der Waals surface area (Å²) >= 11 is 6.00. The van der Waals surface area contributed by atoms with Crippen molar-refractivity contribution < 1.29 is 4.74 Å². The average Bonchev–Trinajstić information content (AvgIpc) is 2.48. The molecule has 0 N–H and O–H groups in total. The van der Waals surface area contributed by atoms with Gasteiger partial charge in [0.05, 0.1) is 12.7 Å². The highest BCUT2D eigenvalue weighted by Crippen LogP contribution is 2.23. The molecule has 3 nitrogen and oxygen atoms in total. The summed E-state index contributed by atoms with van der Waals surface area (Å²) in [6.45, 7) is 8.51. The van der Waals surface area contributed by atoms with E-state index in [1.807, 2.05) is 0 Å². The van der Waals surface area contributed by atoms with Crippen LogP contribution in [0.4, 0.5) is 0 Å². The Hall–Kier alpha value is 0.170. The zero-order valence-electron chi connectivity index (χ0n) is 12.3. The third-order valence-corrected chi connectivity index (χ3v) is 4.74. The smallest absolute Gasteiger partial charge is 0.0829 e. The molecule has 1 saturated carbocycles. The van der Waals surface area contributed by atoms with Crippen molar-refractivity contribution in [1.29, 1.82) is 0 Å². The number of ether oxygens (including phenoxy) is 1. The number of alkyl halides is 1. The van der Waals surface area contributed by atoms with Crippen LogP contribution >= 0.6 is 11.6 Å². The topological polar surface area (TPSA) is 15.7 Å². The van der Waals surface area contributed by atoms with E-state index in [1.165, 1.54) is 32.1 Å². The molecule has 1 saturated heterocycles. The highest BCUT2D eigenvalue weighted by Gasteiger charge is 2.26. The minimum absolute atomic E-state index is 0.374. The summed E-state index contributed by atoms with van der Waals surface area (Å²) in [7, 11) is 0. The molecule has 0 radical (unpaired) electrons. The standard InChI is InChI=1S/C15H29ClN2O/c1-2-17-10-11-19-15(12-17)13-18(9-8-16)14-6-4-3-5-7-14/h14-15H,2-13H2,1H3. The van der Waals surface area contributed by atoms with Crippen molar-refractivity contribution in [3.63, 3.8) is 0 Å². The molecule has 0 bridgehead atoms. The predicted octanol–water partition coefficient (Wildman–Crippen LogP) is 2.58. The van der Waals surface area contributed by atoms with Gasteiger partial charge in [-0.2, -0.15) is 0 Å². The Balaban J connectivity index is 1.84. The highest BCUT2D eigenvalue weighted by molar-refractivity contribution is 6.18. The van der Waals surface area contributed by atoms with Crippen molar-refractivity contribution in [2.75, 3.05) is 45.2 Å². The highest BCUT2D eigenvalue weighted by atomic mass is 35.5. The van der Waals surface area contributed by atoms with E-state index in [-0.39, 0.29) is 0 Å². The van der Waals surface area contributed by atoms with Gasteiger partial charge in [0.1, 0.15) is 0 Å². The first-order valence-corrected chi connectivity index (χ1v) is 8.51. The van der Waals surface area contributed by atoms with E-state index in [0.29, 0.717) is 6.10 Å². The van der Waals surface area contributed by atoms with Crippen LogP contribution in [0, 0.1) is 0 Å². The molecule has 2 rings (SSSR count). The van der Waals surface area contributed by atoms with Crippen LogP contribution in [-0.4, -0.2) is 67.2 Å². The fraction of sp³-hybridized carbons (Fsp3) is 1.00. The molecule has 19 heavy (non-hydrogen) atoms. The van der Waals surface area contributed by atoms with Crippen LogP contribution in [0.3, 0.4) is 0 Å². The van der Waals surface area contributed by atoms with Crippen molar-refractivity contribution in [1.82, 2.24) is 9.80 Å². The van der Waals surface area contributed by atoms with Gasteiger partial charge in [0.15, 0.2) is 0 Å². The second kappa shape index (κ2) is 8.46. The van der Waals surface area contributed by atoms with Gasteiger partial charge in [0.2, 0.25) is 0 Å². The predicted molar refractivity (Wildman–Crippen MR) is 81.0 cm³/mol. The van der Waals surface area contributed by atoms with Crippen molar-refractivity contribution in [3.05, 3.63) is 0 Å². The second-order valence-electron chi connectivity index (χ2n) is 5.86. The van der Waals surface area contributed by atoms with Gasteiger partial charge in [0.25, 0.3) is 0 Å². The van der Waals surface area contributed by atoms with Crippen molar-refractivity contribution in [2.24, 2.45) is 0 Å². The molecule has 1 aliphatic heterocycles. The number of morpholine rings is 1. The van der Waals surface area contributed by atoms with E-state index >= 15 is 0 Å². The SMILES string of the molecule is CCN1CCOC(CN(CCCl)C2CCCCC2)C1. The third kappa shape index (κ3) is 4.89. The summed E-state index contributed by atoms with van der Waals surface area (Å²) in [5, 5.41) is 0. The van der Waals surface area contributed by atoms with Gasteiger partial charge in [0, 0.05) is 38.1 Å². The molecule has 2 fully saturated rings. The molecule has 1 heterocycles. The number of likely N-dealkylation sites (N-methyl/N-ethyl adjacent to an activating group) is 1. The lowest BCUT2D eigenvalue weighted by atomic mass is 9.94. The van der Waals surface area contributed by atoms with Gasteiger partial charge in [-0.05, 0) is 19.4 Å². The quantitative estimate of drug-likeness (QED) is 0.699. The first-order chi connectivity index (χ1) is 9.33. The molecule has 1 atom stereocenters. The number of nitrogens with zero attached hydrogens (tertiary/aromatic N) is 2. The zero-order valence-corrected chi connectivity index (χ0v) is 13.1. The molecule has 2 aliphatic rings. The van der Waals surface area contributed by atoms with E-state index in [2.05, 4.69) is 16.7 Å². The number of halogens is 1. The van der Waals surface area contributed by atoms with Gasteiger partial charge in [-0.1, -0.05) is 26.2 Å². The van der Waals surface area contributed by atoms with E-state index in [0.717, 1.165) is 51.3 Å². The normalized spacial score (nSPS) is 27.0. The minimum atomic E-state index is 0.374. The van der Waals surface area contributed by atoms with Crippen LogP contribution in [-0.2, 0) is 4.74 Å². The summed E-state index contributed by atoms with van der Waals surface area (Å²) < 4.78 is 5.95. The molecule has 1 aliphatic carbocycles. The lowest BCUT2D eigenvalue weighted by Crippen LogP contribution is -2.50. The zero-order chi connectivity index (χ0) is 13.5. The molecule has 112 valence electrons. The van der Waals surface area contributed by atoms with Gasteiger partial charge < -0.3 is 4.74 Å². The lowest BCUT2D eigenvalue weighted by molar-refractivity contribution is -0.0483. The molecule has 0 aromatic rings.